The largest absolute Gasteiger partial charge is 0.381 e. The van der Waals surface area contributed by atoms with Crippen LogP contribution in [0.15, 0.2) is 36.4 Å². The van der Waals surface area contributed by atoms with Crippen LogP contribution < -0.4 is 11.1 Å². The highest BCUT2D eigenvalue weighted by Crippen LogP contribution is 2.16. The Morgan fingerprint density at radius 2 is 1.80 bits per heavy atom. The van der Waals surface area contributed by atoms with Crippen molar-refractivity contribution in [1.29, 1.82) is 0 Å². The van der Waals surface area contributed by atoms with E-state index in [1.165, 1.54) is 18.2 Å². The van der Waals surface area contributed by atoms with Crippen molar-refractivity contribution in [2.24, 2.45) is 5.73 Å². The summed E-state index contributed by atoms with van der Waals surface area (Å²) in [5.74, 6) is -0.912. The van der Waals surface area contributed by atoms with Gasteiger partial charge in [0, 0.05) is 23.4 Å². The van der Waals surface area contributed by atoms with Crippen molar-refractivity contribution < 1.29 is 9.18 Å². The minimum Gasteiger partial charge on any atom is -0.381 e. The highest BCUT2D eigenvalue weighted by atomic mass is 19.1. The molecule has 0 fully saturated rings. The minimum atomic E-state index is -0.558. The van der Waals surface area contributed by atoms with Gasteiger partial charge in [0.1, 0.15) is 5.82 Å². The van der Waals surface area contributed by atoms with Gasteiger partial charge in [-0.05, 0) is 55.3 Å². The molecule has 2 aromatic carbocycles. The molecule has 0 unspecified atom stereocenters. The zero-order chi connectivity index (χ0) is 14.7. The van der Waals surface area contributed by atoms with Crippen molar-refractivity contribution in [1.82, 2.24) is 0 Å². The van der Waals surface area contributed by atoms with Crippen LogP contribution in [0.2, 0.25) is 0 Å². The van der Waals surface area contributed by atoms with Crippen LogP contribution in [0.4, 0.5) is 10.1 Å². The molecule has 0 spiro atoms. The Morgan fingerprint density at radius 1 is 1.15 bits per heavy atom. The number of hydrogen-bond donors (Lipinski definition) is 2. The number of rotatable bonds is 4. The van der Waals surface area contributed by atoms with E-state index in [4.69, 9.17) is 5.73 Å². The van der Waals surface area contributed by atoms with Gasteiger partial charge in [-0.15, -0.1) is 0 Å². The fourth-order valence-electron chi connectivity index (χ4n) is 2.14. The van der Waals surface area contributed by atoms with Crippen LogP contribution in [-0.2, 0) is 6.54 Å². The number of carbonyl (C=O) groups is 1. The van der Waals surface area contributed by atoms with Gasteiger partial charge < -0.3 is 11.1 Å². The predicted molar refractivity (Wildman–Crippen MR) is 78.2 cm³/mol. The van der Waals surface area contributed by atoms with Crippen LogP contribution in [0.25, 0.3) is 0 Å². The fraction of sp³-hybridized carbons (Fsp3) is 0.188. The Balaban J connectivity index is 2.18. The maximum Gasteiger partial charge on any atom is 0.248 e. The normalized spacial score (nSPS) is 10.3. The molecule has 0 aromatic heterocycles. The Labute approximate surface area is 117 Å². The van der Waals surface area contributed by atoms with Gasteiger partial charge in [0.25, 0.3) is 0 Å². The Bertz CT molecular complexity index is 633. The van der Waals surface area contributed by atoms with Crippen LogP contribution in [0.3, 0.4) is 0 Å². The first-order valence-corrected chi connectivity index (χ1v) is 6.36. The first kappa shape index (κ1) is 14.1. The van der Waals surface area contributed by atoms with Crippen molar-refractivity contribution in [3.8, 4) is 0 Å². The van der Waals surface area contributed by atoms with Gasteiger partial charge in [0.15, 0.2) is 0 Å². The van der Waals surface area contributed by atoms with Gasteiger partial charge in [-0.1, -0.05) is 6.07 Å². The summed E-state index contributed by atoms with van der Waals surface area (Å²) in [7, 11) is 0. The summed E-state index contributed by atoms with van der Waals surface area (Å²) in [5.41, 5.74) is 9.12. The lowest BCUT2D eigenvalue weighted by Gasteiger charge is -2.10. The first-order valence-electron chi connectivity index (χ1n) is 6.36. The second-order valence-corrected chi connectivity index (χ2v) is 4.90. The highest BCUT2D eigenvalue weighted by molar-refractivity contribution is 5.92. The quantitative estimate of drug-likeness (QED) is 0.898. The van der Waals surface area contributed by atoms with E-state index in [0.29, 0.717) is 17.7 Å². The standard InChI is InChI=1S/C16H17FN2O/c1-10-5-11(2)7-14(6-10)19-9-13-8-12(16(18)20)3-4-15(13)17/h3-8,19H,9H2,1-2H3,(H2,18,20). The highest BCUT2D eigenvalue weighted by Gasteiger charge is 2.07. The van der Waals surface area contributed by atoms with Crippen molar-refractivity contribution >= 4 is 11.6 Å². The molecule has 3 N–H and O–H groups in total. The molecule has 0 bridgehead atoms. The Kier molecular flexibility index (Phi) is 4.03. The summed E-state index contributed by atoms with van der Waals surface area (Å²) in [6, 6.07) is 10.2. The molecular formula is C16H17FN2O. The van der Waals surface area contributed by atoms with E-state index in [9.17, 15) is 9.18 Å². The SMILES string of the molecule is Cc1cc(C)cc(NCc2cc(C(N)=O)ccc2F)c1. The van der Waals surface area contributed by atoms with E-state index in [2.05, 4.69) is 11.4 Å². The number of hydrogen-bond acceptors (Lipinski definition) is 2. The molecule has 0 radical (unpaired) electrons. The molecule has 4 heteroatoms. The van der Waals surface area contributed by atoms with Gasteiger partial charge in [-0.2, -0.15) is 0 Å². The molecule has 1 amide bonds. The summed E-state index contributed by atoms with van der Waals surface area (Å²) < 4.78 is 13.7. The number of nitrogens with two attached hydrogens (primary N) is 1. The molecule has 0 atom stereocenters. The molecule has 0 saturated heterocycles. The van der Waals surface area contributed by atoms with Crippen LogP contribution in [0.1, 0.15) is 27.0 Å². The lowest BCUT2D eigenvalue weighted by molar-refractivity contribution is 0.1000. The number of primary amides is 1. The lowest BCUT2D eigenvalue weighted by Crippen LogP contribution is -2.12. The van der Waals surface area contributed by atoms with Crippen LogP contribution in [-0.4, -0.2) is 5.91 Å². The van der Waals surface area contributed by atoms with E-state index in [1.54, 1.807) is 0 Å². The molecular weight excluding hydrogens is 255 g/mol. The van der Waals surface area contributed by atoms with E-state index in [-0.39, 0.29) is 5.82 Å². The number of anilines is 1. The zero-order valence-electron chi connectivity index (χ0n) is 11.5. The summed E-state index contributed by atoms with van der Waals surface area (Å²) >= 11 is 0. The van der Waals surface area contributed by atoms with E-state index in [1.807, 2.05) is 26.0 Å². The summed E-state index contributed by atoms with van der Waals surface area (Å²) in [6.07, 6.45) is 0. The molecule has 0 aliphatic rings. The molecule has 0 aliphatic carbocycles. The number of nitrogens with one attached hydrogen (secondary N) is 1. The molecule has 20 heavy (non-hydrogen) atoms. The molecule has 0 saturated carbocycles. The van der Waals surface area contributed by atoms with Crippen molar-refractivity contribution in [3.05, 3.63) is 64.5 Å². The third-order valence-electron chi connectivity index (χ3n) is 3.03. The Hall–Kier alpha value is -2.36. The van der Waals surface area contributed by atoms with Gasteiger partial charge in [0.05, 0.1) is 0 Å². The van der Waals surface area contributed by atoms with Gasteiger partial charge in [-0.25, -0.2) is 4.39 Å². The third-order valence-corrected chi connectivity index (χ3v) is 3.03. The second-order valence-electron chi connectivity index (χ2n) is 4.90. The topological polar surface area (TPSA) is 55.1 Å². The minimum absolute atomic E-state index is 0.301. The van der Waals surface area contributed by atoms with Crippen LogP contribution in [0.5, 0.6) is 0 Å². The summed E-state index contributed by atoms with van der Waals surface area (Å²) in [5, 5.41) is 3.16. The number of aryl methyl sites for hydroxylation is 2. The van der Waals surface area contributed by atoms with Crippen LogP contribution in [0, 0.1) is 19.7 Å². The number of carbonyl (C=O) groups excluding carboxylic acids is 1. The van der Waals surface area contributed by atoms with Crippen molar-refractivity contribution in [2.45, 2.75) is 20.4 Å². The third kappa shape index (κ3) is 3.35. The van der Waals surface area contributed by atoms with Gasteiger partial charge >= 0.3 is 0 Å². The molecule has 2 rings (SSSR count). The van der Waals surface area contributed by atoms with Gasteiger partial charge in [0.2, 0.25) is 5.91 Å². The molecule has 0 aliphatic heterocycles. The van der Waals surface area contributed by atoms with E-state index >= 15 is 0 Å². The fourth-order valence-corrected chi connectivity index (χ4v) is 2.14. The van der Waals surface area contributed by atoms with E-state index < -0.39 is 5.91 Å². The zero-order valence-corrected chi connectivity index (χ0v) is 11.5. The molecule has 0 heterocycles. The maximum absolute atomic E-state index is 13.7. The lowest BCUT2D eigenvalue weighted by atomic mass is 10.1. The summed E-state index contributed by atoms with van der Waals surface area (Å²) in [4.78, 5) is 11.1. The molecule has 104 valence electrons. The number of benzene rings is 2. The van der Waals surface area contributed by atoms with Crippen LogP contribution >= 0.6 is 0 Å². The van der Waals surface area contributed by atoms with Gasteiger partial charge in [-0.3, -0.25) is 4.79 Å². The Morgan fingerprint density at radius 3 is 2.40 bits per heavy atom. The second kappa shape index (κ2) is 5.74. The molecule has 3 nitrogen and oxygen atoms in total. The smallest absolute Gasteiger partial charge is 0.248 e. The number of amides is 1. The van der Waals surface area contributed by atoms with E-state index in [0.717, 1.165) is 16.8 Å². The number of halogens is 1. The van der Waals surface area contributed by atoms with Crippen molar-refractivity contribution in [3.63, 3.8) is 0 Å². The maximum atomic E-state index is 13.7. The predicted octanol–water partition coefficient (Wildman–Crippen LogP) is 3.15. The monoisotopic (exact) mass is 272 g/mol. The average molecular weight is 272 g/mol. The van der Waals surface area contributed by atoms with Crippen molar-refractivity contribution in [2.75, 3.05) is 5.32 Å². The summed E-state index contributed by atoms with van der Waals surface area (Å²) in [6.45, 7) is 4.31. The average Bonchev–Trinajstić information content (AvgIpc) is 2.36. The first-order chi connectivity index (χ1) is 9.45. The molecule has 2 aromatic rings.